The fraction of sp³-hybridized carbons (Fsp3) is 0.350. The molecule has 0 bridgehead atoms. The number of nitrogens with zero attached hydrogens (tertiary/aromatic N) is 4. The summed E-state index contributed by atoms with van der Waals surface area (Å²) in [4.78, 5) is 7.16. The van der Waals surface area contributed by atoms with Crippen molar-refractivity contribution in [2.45, 2.75) is 11.8 Å². The molecule has 148 valence electrons. The van der Waals surface area contributed by atoms with E-state index >= 15 is 0 Å². The number of hydrogen-bond acceptors (Lipinski definition) is 5. The van der Waals surface area contributed by atoms with Crippen molar-refractivity contribution in [1.82, 2.24) is 13.9 Å². The van der Waals surface area contributed by atoms with Gasteiger partial charge < -0.3 is 14.2 Å². The van der Waals surface area contributed by atoms with Gasteiger partial charge in [0.1, 0.15) is 5.75 Å². The Hall–Kier alpha value is -2.58. The van der Waals surface area contributed by atoms with Gasteiger partial charge in [-0.15, -0.1) is 0 Å². The molecule has 0 atom stereocenters. The van der Waals surface area contributed by atoms with E-state index in [-0.39, 0.29) is 0 Å². The second-order valence-corrected chi connectivity index (χ2v) is 8.69. The first-order valence-corrected chi connectivity index (χ1v) is 10.8. The standard InChI is InChI=1S/C20H24N4O3S/c1-3-27-16-8-10-17(11-9-16)28(25,26)24-14-12-23(13-15-24)20-21-18-6-4-5-7-19(18)22(20)2/h4-11H,3,12-15H2,1-2H3. The van der Waals surface area contributed by atoms with Gasteiger partial charge in [0.15, 0.2) is 0 Å². The highest BCUT2D eigenvalue weighted by atomic mass is 32.2. The van der Waals surface area contributed by atoms with E-state index in [1.807, 2.05) is 38.2 Å². The minimum atomic E-state index is -3.51. The lowest BCUT2D eigenvalue weighted by Crippen LogP contribution is -2.49. The number of fused-ring (bicyclic) bond motifs is 1. The third kappa shape index (κ3) is 3.33. The van der Waals surface area contributed by atoms with Crippen LogP contribution in [0.1, 0.15) is 6.92 Å². The second-order valence-electron chi connectivity index (χ2n) is 6.76. The maximum atomic E-state index is 13.0. The summed E-state index contributed by atoms with van der Waals surface area (Å²) in [6, 6.07) is 14.6. The average Bonchev–Trinajstić information content (AvgIpc) is 3.06. The van der Waals surface area contributed by atoms with Crippen molar-refractivity contribution >= 4 is 27.0 Å². The molecule has 0 unspecified atom stereocenters. The van der Waals surface area contributed by atoms with E-state index in [9.17, 15) is 8.42 Å². The van der Waals surface area contributed by atoms with Gasteiger partial charge in [0.2, 0.25) is 16.0 Å². The summed E-state index contributed by atoms with van der Waals surface area (Å²) >= 11 is 0. The van der Waals surface area contributed by atoms with Gasteiger partial charge in [-0.05, 0) is 43.3 Å². The molecule has 1 saturated heterocycles. The monoisotopic (exact) mass is 400 g/mol. The van der Waals surface area contributed by atoms with Gasteiger partial charge in [-0.3, -0.25) is 0 Å². The smallest absolute Gasteiger partial charge is 0.243 e. The average molecular weight is 401 g/mol. The molecule has 3 aromatic rings. The molecule has 28 heavy (non-hydrogen) atoms. The Morgan fingerprint density at radius 1 is 1.00 bits per heavy atom. The zero-order valence-electron chi connectivity index (χ0n) is 16.1. The van der Waals surface area contributed by atoms with Crippen molar-refractivity contribution in [3.8, 4) is 5.75 Å². The highest BCUT2D eigenvalue weighted by Gasteiger charge is 2.30. The summed E-state index contributed by atoms with van der Waals surface area (Å²) in [6.45, 7) is 4.52. The minimum absolute atomic E-state index is 0.298. The number of anilines is 1. The van der Waals surface area contributed by atoms with Crippen LogP contribution >= 0.6 is 0 Å². The summed E-state index contributed by atoms with van der Waals surface area (Å²) in [5, 5.41) is 0. The van der Waals surface area contributed by atoms with Crippen molar-refractivity contribution < 1.29 is 13.2 Å². The Kier molecular flexibility index (Phi) is 4.99. The topological polar surface area (TPSA) is 67.7 Å². The summed E-state index contributed by atoms with van der Waals surface area (Å²) in [5.74, 6) is 1.55. The first-order chi connectivity index (χ1) is 13.5. The van der Waals surface area contributed by atoms with Crippen LogP contribution in [0, 0.1) is 0 Å². The second kappa shape index (κ2) is 7.44. The molecule has 0 N–H and O–H groups in total. The molecular formula is C20H24N4O3S. The molecule has 0 aliphatic carbocycles. The third-order valence-corrected chi connectivity index (χ3v) is 6.97. The van der Waals surface area contributed by atoms with Crippen LogP contribution in [0.25, 0.3) is 11.0 Å². The quantitative estimate of drug-likeness (QED) is 0.658. The Morgan fingerprint density at radius 3 is 2.32 bits per heavy atom. The highest BCUT2D eigenvalue weighted by molar-refractivity contribution is 7.89. The Bertz CT molecular complexity index is 1070. The molecule has 1 aromatic heterocycles. The van der Waals surface area contributed by atoms with Gasteiger partial charge in [0, 0.05) is 33.2 Å². The maximum Gasteiger partial charge on any atom is 0.243 e. The molecule has 1 fully saturated rings. The van der Waals surface area contributed by atoms with Gasteiger partial charge in [0.25, 0.3) is 0 Å². The van der Waals surface area contributed by atoms with E-state index in [0.29, 0.717) is 43.4 Å². The van der Waals surface area contributed by atoms with Crippen LogP contribution in [0.3, 0.4) is 0 Å². The fourth-order valence-electron chi connectivity index (χ4n) is 3.57. The van der Waals surface area contributed by atoms with Crippen molar-refractivity contribution in [2.75, 3.05) is 37.7 Å². The molecule has 0 amide bonds. The molecule has 4 rings (SSSR count). The first kappa shape index (κ1) is 18.8. The van der Waals surface area contributed by atoms with E-state index in [2.05, 4.69) is 9.47 Å². The molecule has 2 heterocycles. The molecule has 8 heteroatoms. The molecule has 0 spiro atoms. The number of hydrogen-bond donors (Lipinski definition) is 0. The summed E-state index contributed by atoms with van der Waals surface area (Å²) in [5.41, 5.74) is 2.02. The Balaban J connectivity index is 1.49. The van der Waals surface area contributed by atoms with E-state index in [1.165, 1.54) is 0 Å². The lowest BCUT2D eigenvalue weighted by atomic mass is 10.3. The number of ether oxygens (including phenoxy) is 1. The summed E-state index contributed by atoms with van der Waals surface area (Å²) < 4.78 is 34.9. The van der Waals surface area contributed by atoms with Crippen molar-refractivity contribution in [3.05, 3.63) is 48.5 Å². The maximum absolute atomic E-state index is 13.0. The van der Waals surface area contributed by atoms with Gasteiger partial charge in [-0.25, -0.2) is 13.4 Å². The van der Waals surface area contributed by atoms with Crippen LogP contribution in [0.4, 0.5) is 5.95 Å². The largest absolute Gasteiger partial charge is 0.494 e. The van der Waals surface area contributed by atoms with Crippen molar-refractivity contribution in [3.63, 3.8) is 0 Å². The van der Waals surface area contributed by atoms with E-state index in [1.54, 1.807) is 28.6 Å². The lowest BCUT2D eigenvalue weighted by molar-refractivity contribution is 0.340. The number of aryl methyl sites for hydroxylation is 1. The zero-order valence-corrected chi connectivity index (χ0v) is 16.9. The van der Waals surface area contributed by atoms with E-state index in [0.717, 1.165) is 17.0 Å². The molecule has 7 nitrogen and oxygen atoms in total. The van der Waals surface area contributed by atoms with Gasteiger partial charge in [0.05, 0.1) is 22.5 Å². The number of rotatable bonds is 5. The normalized spacial score (nSPS) is 15.9. The molecule has 1 aliphatic heterocycles. The highest BCUT2D eigenvalue weighted by Crippen LogP contribution is 2.25. The number of para-hydroxylation sites is 2. The number of aromatic nitrogens is 2. The van der Waals surface area contributed by atoms with E-state index in [4.69, 9.17) is 9.72 Å². The molecule has 0 saturated carbocycles. The van der Waals surface area contributed by atoms with Crippen LogP contribution in [0.15, 0.2) is 53.4 Å². The lowest BCUT2D eigenvalue weighted by Gasteiger charge is -2.34. The Morgan fingerprint density at radius 2 is 1.68 bits per heavy atom. The first-order valence-electron chi connectivity index (χ1n) is 9.40. The molecule has 0 radical (unpaired) electrons. The van der Waals surface area contributed by atoms with Crippen LogP contribution in [-0.4, -0.2) is 55.1 Å². The summed E-state index contributed by atoms with van der Waals surface area (Å²) in [6.07, 6.45) is 0. The predicted molar refractivity (Wildman–Crippen MR) is 109 cm³/mol. The van der Waals surface area contributed by atoms with Crippen molar-refractivity contribution in [1.29, 1.82) is 0 Å². The van der Waals surface area contributed by atoms with Crippen LogP contribution < -0.4 is 9.64 Å². The molecular weight excluding hydrogens is 376 g/mol. The summed E-state index contributed by atoms with van der Waals surface area (Å²) in [7, 11) is -1.52. The molecule has 2 aromatic carbocycles. The van der Waals surface area contributed by atoms with E-state index < -0.39 is 10.0 Å². The number of imidazole rings is 1. The van der Waals surface area contributed by atoms with Gasteiger partial charge in [-0.2, -0.15) is 4.31 Å². The van der Waals surface area contributed by atoms with Gasteiger partial charge in [-0.1, -0.05) is 12.1 Å². The Labute approximate surface area is 165 Å². The molecule has 1 aliphatic rings. The number of benzene rings is 2. The third-order valence-electron chi connectivity index (χ3n) is 5.06. The van der Waals surface area contributed by atoms with Crippen molar-refractivity contribution in [2.24, 2.45) is 7.05 Å². The zero-order chi connectivity index (χ0) is 19.7. The van der Waals surface area contributed by atoms with Gasteiger partial charge >= 0.3 is 0 Å². The van der Waals surface area contributed by atoms with Crippen LogP contribution in [0.2, 0.25) is 0 Å². The number of sulfonamides is 1. The minimum Gasteiger partial charge on any atom is -0.494 e. The number of piperazine rings is 1. The fourth-order valence-corrected chi connectivity index (χ4v) is 4.99. The SMILES string of the molecule is CCOc1ccc(S(=O)(=O)N2CCN(c3nc4ccccc4n3C)CC2)cc1. The predicted octanol–water partition coefficient (Wildman–Crippen LogP) is 2.48. The van der Waals surface area contributed by atoms with Crippen LogP contribution in [0.5, 0.6) is 5.75 Å². The van der Waals surface area contributed by atoms with Crippen LogP contribution in [-0.2, 0) is 17.1 Å².